The van der Waals surface area contributed by atoms with Crippen molar-refractivity contribution in [2.75, 3.05) is 0 Å². The standard InChI is InChI=1S/C6H8S3/c7-6-4-2-1-3-5(4)8-9-6/h4-5H,1-3H2. The smallest absolute Gasteiger partial charge is 0.0629 e. The second kappa shape index (κ2) is 2.44. The summed E-state index contributed by atoms with van der Waals surface area (Å²) in [7, 11) is 3.83. The molecule has 1 heterocycles. The fourth-order valence-corrected chi connectivity index (χ4v) is 5.30. The van der Waals surface area contributed by atoms with Gasteiger partial charge in [-0.25, -0.2) is 0 Å². The molecule has 2 unspecified atom stereocenters. The van der Waals surface area contributed by atoms with Gasteiger partial charge in [0.05, 0.1) is 4.20 Å². The van der Waals surface area contributed by atoms with Crippen LogP contribution in [0.25, 0.3) is 0 Å². The maximum absolute atomic E-state index is 5.20. The van der Waals surface area contributed by atoms with E-state index in [1.54, 1.807) is 0 Å². The van der Waals surface area contributed by atoms with Gasteiger partial charge in [0.1, 0.15) is 0 Å². The zero-order valence-electron chi connectivity index (χ0n) is 5.00. The van der Waals surface area contributed by atoms with Crippen molar-refractivity contribution in [1.82, 2.24) is 0 Å². The lowest BCUT2D eigenvalue weighted by molar-refractivity contribution is 0.768. The summed E-state index contributed by atoms with van der Waals surface area (Å²) in [5, 5.41) is 0.891. The van der Waals surface area contributed by atoms with Crippen LogP contribution in [0.5, 0.6) is 0 Å². The van der Waals surface area contributed by atoms with Gasteiger partial charge < -0.3 is 0 Å². The lowest BCUT2D eigenvalue weighted by Crippen LogP contribution is -2.07. The van der Waals surface area contributed by atoms with Gasteiger partial charge in [0, 0.05) is 11.2 Å². The molecule has 2 atom stereocenters. The van der Waals surface area contributed by atoms with Crippen LogP contribution in [0.2, 0.25) is 0 Å². The highest BCUT2D eigenvalue weighted by Crippen LogP contribution is 2.51. The van der Waals surface area contributed by atoms with E-state index in [2.05, 4.69) is 0 Å². The third kappa shape index (κ3) is 1.03. The molecule has 0 radical (unpaired) electrons. The van der Waals surface area contributed by atoms with Crippen LogP contribution in [0.1, 0.15) is 19.3 Å². The van der Waals surface area contributed by atoms with Gasteiger partial charge in [-0.2, -0.15) is 0 Å². The Labute approximate surface area is 68.6 Å². The predicted molar refractivity (Wildman–Crippen MR) is 48.9 cm³/mol. The summed E-state index contributed by atoms with van der Waals surface area (Å²) in [6, 6.07) is 0. The van der Waals surface area contributed by atoms with Gasteiger partial charge in [0.15, 0.2) is 0 Å². The van der Waals surface area contributed by atoms with Crippen LogP contribution in [-0.2, 0) is 0 Å². The van der Waals surface area contributed by atoms with Gasteiger partial charge in [-0.1, -0.05) is 29.4 Å². The van der Waals surface area contributed by atoms with Gasteiger partial charge in [0.2, 0.25) is 0 Å². The van der Waals surface area contributed by atoms with E-state index in [9.17, 15) is 0 Å². The molecular formula is C6H8S3. The summed E-state index contributed by atoms with van der Waals surface area (Å²) >= 11 is 5.20. The third-order valence-corrected chi connectivity index (χ3v) is 5.82. The molecular weight excluding hydrogens is 168 g/mol. The van der Waals surface area contributed by atoms with Gasteiger partial charge in [0.25, 0.3) is 0 Å². The molecule has 1 saturated carbocycles. The first-order valence-corrected chi connectivity index (χ1v) is 5.87. The molecule has 0 N–H and O–H groups in total. The first kappa shape index (κ1) is 6.50. The van der Waals surface area contributed by atoms with Crippen molar-refractivity contribution in [2.24, 2.45) is 5.92 Å². The van der Waals surface area contributed by atoms with E-state index in [1.165, 1.54) is 23.5 Å². The Balaban J connectivity index is 2.15. The first-order chi connectivity index (χ1) is 4.38. The third-order valence-electron chi connectivity index (χ3n) is 2.01. The van der Waals surface area contributed by atoms with Gasteiger partial charge >= 0.3 is 0 Å². The van der Waals surface area contributed by atoms with Crippen LogP contribution in [0.15, 0.2) is 0 Å². The van der Waals surface area contributed by atoms with Crippen LogP contribution in [0, 0.1) is 5.92 Å². The minimum atomic E-state index is 0.801. The minimum Gasteiger partial charge on any atom is -0.0843 e. The summed E-state index contributed by atoms with van der Waals surface area (Å²) in [6.45, 7) is 0. The van der Waals surface area contributed by atoms with E-state index in [1.807, 2.05) is 21.6 Å². The largest absolute Gasteiger partial charge is 0.0843 e. The molecule has 0 aromatic rings. The second-order valence-electron chi connectivity index (χ2n) is 2.57. The van der Waals surface area contributed by atoms with Gasteiger partial charge in [-0.3, -0.25) is 0 Å². The fourth-order valence-electron chi connectivity index (χ4n) is 1.48. The van der Waals surface area contributed by atoms with Crippen LogP contribution in [-0.4, -0.2) is 9.45 Å². The molecule has 9 heavy (non-hydrogen) atoms. The Morgan fingerprint density at radius 2 is 2.33 bits per heavy atom. The Morgan fingerprint density at radius 1 is 1.44 bits per heavy atom. The van der Waals surface area contributed by atoms with E-state index < -0.39 is 0 Å². The predicted octanol–water partition coefficient (Wildman–Crippen LogP) is 2.88. The van der Waals surface area contributed by atoms with Gasteiger partial charge in [-0.05, 0) is 23.6 Å². The van der Waals surface area contributed by atoms with E-state index >= 15 is 0 Å². The molecule has 2 aliphatic rings. The van der Waals surface area contributed by atoms with Crippen molar-refractivity contribution in [3.63, 3.8) is 0 Å². The highest BCUT2D eigenvalue weighted by molar-refractivity contribution is 8.84. The monoisotopic (exact) mass is 176 g/mol. The number of thiocarbonyl (C=S) groups is 1. The molecule has 2 rings (SSSR count). The van der Waals surface area contributed by atoms with Crippen molar-refractivity contribution in [1.29, 1.82) is 0 Å². The van der Waals surface area contributed by atoms with Crippen molar-refractivity contribution in [3.8, 4) is 0 Å². The molecule has 1 saturated heterocycles. The zero-order chi connectivity index (χ0) is 6.27. The van der Waals surface area contributed by atoms with Crippen LogP contribution in [0.3, 0.4) is 0 Å². The summed E-state index contributed by atoms with van der Waals surface area (Å²) in [5.74, 6) is 0.801. The molecule has 0 bridgehead atoms. The maximum atomic E-state index is 5.20. The molecule has 50 valence electrons. The highest BCUT2D eigenvalue weighted by Gasteiger charge is 2.36. The first-order valence-electron chi connectivity index (χ1n) is 3.25. The van der Waals surface area contributed by atoms with Gasteiger partial charge in [-0.15, -0.1) is 0 Å². The summed E-state index contributed by atoms with van der Waals surface area (Å²) in [4.78, 5) is 0. The molecule has 0 nitrogen and oxygen atoms in total. The van der Waals surface area contributed by atoms with Crippen LogP contribution >= 0.6 is 33.8 Å². The Bertz CT molecular complexity index is 143. The lowest BCUT2D eigenvalue weighted by Gasteiger charge is -2.02. The lowest BCUT2D eigenvalue weighted by atomic mass is 10.1. The number of fused-ring (bicyclic) bond motifs is 1. The normalized spacial score (nSPS) is 41.6. The molecule has 0 aromatic carbocycles. The number of hydrogen-bond donors (Lipinski definition) is 0. The molecule has 1 aliphatic heterocycles. The summed E-state index contributed by atoms with van der Waals surface area (Å²) in [6.07, 6.45) is 4.18. The van der Waals surface area contributed by atoms with Crippen molar-refractivity contribution in [3.05, 3.63) is 0 Å². The van der Waals surface area contributed by atoms with E-state index in [0.29, 0.717) is 0 Å². The Morgan fingerprint density at radius 3 is 3.11 bits per heavy atom. The Kier molecular flexibility index (Phi) is 1.76. The SMILES string of the molecule is S=C1SSC2CCCC12. The average molecular weight is 176 g/mol. The fraction of sp³-hybridized carbons (Fsp3) is 0.833. The molecule has 0 aromatic heterocycles. The minimum absolute atomic E-state index is 0.801. The van der Waals surface area contributed by atoms with E-state index in [0.717, 1.165) is 11.2 Å². The topological polar surface area (TPSA) is 0 Å². The second-order valence-corrected chi connectivity index (χ2v) is 5.75. The van der Waals surface area contributed by atoms with Crippen molar-refractivity contribution >= 4 is 38.0 Å². The van der Waals surface area contributed by atoms with E-state index in [-0.39, 0.29) is 0 Å². The maximum Gasteiger partial charge on any atom is 0.0629 e. The summed E-state index contributed by atoms with van der Waals surface area (Å²) < 4.78 is 1.27. The quantitative estimate of drug-likeness (QED) is 0.411. The number of rotatable bonds is 0. The number of hydrogen-bond acceptors (Lipinski definition) is 3. The van der Waals surface area contributed by atoms with E-state index in [4.69, 9.17) is 12.2 Å². The van der Waals surface area contributed by atoms with Crippen LogP contribution in [0.4, 0.5) is 0 Å². The Hall–Kier alpha value is 0.790. The van der Waals surface area contributed by atoms with Crippen molar-refractivity contribution in [2.45, 2.75) is 24.5 Å². The highest BCUT2D eigenvalue weighted by atomic mass is 33.1. The molecule has 2 fully saturated rings. The van der Waals surface area contributed by atoms with Crippen molar-refractivity contribution < 1.29 is 0 Å². The van der Waals surface area contributed by atoms with Crippen LogP contribution < -0.4 is 0 Å². The average Bonchev–Trinajstić information content (AvgIpc) is 2.35. The molecule has 0 amide bonds. The molecule has 0 spiro atoms. The molecule has 1 aliphatic carbocycles. The zero-order valence-corrected chi connectivity index (χ0v) is 7.45. The molecule has 3 heteroatoms. The summed E-state index contributed by atoms with van der Waals surface area (Å²) in [5.41, 5.74) is 0.